The fourth-order valence-electron chi connectivity index (χ4n) is 2.82. The third-order valence-corrected chi connectivity index (χ3v) is 4.11. The average molecular weight is 340 g/mol. The predicted octanol–water partition coefficient (Wildman–Crippen LogP) is 4.25. The largest absolute Gasteiger partial charge is 0.382 e. The Kier molecular flexibility index (Phi) is 4.57. The summed E-state index contributed by atoms with van der Waals surface area (Å²) in [5.41, 5.74) is 2.92. The molecule has 25 heavy (non-hydrogen) atoms. The lowest BCUT2D eigenvalue weighted by Gasteiger charge is -2.23. The number of hydrogen-bond acceptors (Lipinski definition) is 3. The summed E-state index contributed by atoms with van der Waals surface area (Å²) >= 11 is 0. The topological polar surface area (TPSA) is 50.7 Å². The summed E-state index contributed by atoms with van der Waals surface area (Å²) < 4.78 is 13.3. The summed E-state index contributed by atoms with van der Waals surface area (Å²) in [6.45, 7) is 6.28. The van der Waals surface area contributed by atoms with Gasteiger partial charge in [-0.25, -0.2) is 4.39 Å². The second kappa shape index (κ2) is 6.67. The van der Waals surface area contributed by atoms with Crippen molar-refractivity contribution in [3.63, 3.8) is 0 Å². The zero-order chi connectivity index (χ0) is 18.0. The van der Waals surface area contributed by atoms with Crippen molar-refractivity contribution in [2.24, 2.45) is 5.16 Å². The summed E-state index contributed by atoms with van der Waals surface area (Å²) in [6.07, 6.45) is -0.404. The van der Waals surface area contributed by atoms with E-state index in [0.29, 0.717) is 17.7 Å². The maximum atomic E-state index is 13.3. The van der Waals surface area contributed by atoms with Crippen LogP contribution in [0.4, 0.5) is 10.1 Å². The monoisotopic (exact) mass is 340 g/mol. The highest BCUT2D eigenvalue weighted by Gasteiger charge is 2.30. The molecule has 1 heterocycles. The standard InChI is InChI=1S/C20H21FN2O2/c1-20(2,3)15-9-4-5-10-16(15)22-19(24)18-12-17(23-25-18)13-7-6-8-14(21)11-13/h4-11,18H,12H2,1-3H3,(H,22,24). The van der Waals surface area contributed by atoms with Crippen molar-refractivity contribution in [3.8, 4) is 0 Å². The van der Waals surface area contributed by atoms with Gasteiger partial charge in [-0.3, -0.25) is 4.79 Å². The Morgan fingerprint density at radius 1 is 1.20 bits per heavy atom. The number of amides is 1. The van der Waals surface area contributed by atoms with Crippen molar-refractivity contribution in [1.29, 1.82) is 0 Å². The SMILES string of the molecule is CC(C)(C)c1ccccc1NC(=O)C1CC(c2cccc(F)c2)=NO1. The molecule has 0 aliphatic carbocycles. The summed E-state index contributed by atoms with van der Waals surface area (Å²) in [5.74, 6) is -0.598. The van der Waals surface area contributed by atoms with Crippen LogP contribution >= 0.6 is 0 Å². The van der Waals surface area contributed by atoms with E-state index in [0.717, 1.165) is 11.3 Å². The molecule has 1 N–H and O–H groups in total. The predicted molar refractivity (Wildman–Crippen MR) is 96.2 cm³/mol. The van der Waals surface area contributed by atoms with Crippen LogP contribution in [0.1, 0.15) is 38.3 Å². The first-order valence-electron chi connectivity index (χ1n) is 8.23. The van der Waals surface area contributed by atoms with Crippen molar-refractivity contribution in [2.45, 2.75) is 38.7 Å². The number of carbonyl (C=O) groups is 1. The van der Waals surface area contributed by atoms with Crippen LogP contribution in [0.15, 0.2) is 53.7 Å². The number of para-hydroxylation sites is 1. The summed E-state index contributed by atoms with van der Waals surface area (Å²) in [4.78, 5) is 17.8. The van der Waals surface area contributed by atoms with Gasteiger partial charge in [0.15, 0.2) is 0 Å². The molecule has 2 aromatic carbocycles. The number of nitrogens with one attached hydrogen (secondary N) is 1. The van der Waals surface area contributed by atoms with E-state index >= 15 is 0 Å². The van der Waals surface area contributed by atoms with Crippen LogP contribution in [0.2, 0.25) is 0 Å². The molecule has 3 rings (SSSR count). The van der Waals surface area contributed by atoms with Gasteiger partial charge in [-0.15, -0.1) is 0 Å². The van der Waals surface area contributed by atoms with Crippen LogP contribution in [0.3, 0.4) is 0 Å². The molecule has 0 bridgehead atoms. The Hall–Kier alpha value is -2.69. The Morgan fingerprint density at radius 2 is 1.96 bits per heavy atom. The van der Waals surface area contributed by atoms with E-state index in [-0.39, 0.29) is 17.1 Å². The summed E-state index contributed by atoms with van der Waals surface area (Å²) in [5, 5.41) is 6.88. The second-order valence-electron chi connectivity index (χ2n) is 7.13. The first-order chi connectivity index (χ1) is 11.8. The Morgan fingerprint density at radius 3 is 2.68 bits per heavy atom. The number of anilines is 1. The van der Waals surface area contributed by atoms with Crippen LogP contribution in [0, 0.1) is 5.82 Å². The number of oxime groups is 1. The molecule has 1 atom stereocenters. The van der Waals surface area contributed by atoms with E-state index in [2.05, 4.69) is 31.2 Å². The van der Waals surface area contributed by atoms with Crippen molar-refractivity contribution in [2.75, 3.05) is 5.32 Å². The zero-order valence-corrected chi connectivity index (χ0v) is 14.5. The van der Waals surface area contributed by atoms with Crippen molar-refractivity contribution in [1.82, 2.24) is 0 Å². The molecule has 4 nitrogen and oxygen atoms in total. The molecule has 130 valence electrons. The molecule has 0 aromatic heterocycles. The van der Waals surface area contributed by atoms with Gasteiger partial charge in [0.1, 0.15) is 5.82 Å². The van der Waals surface area contributed by atoms with E-state index in [1.165, 1.54) is 12.1 Å². The van der Waals surface area contributed by atoms with Crippen LogP contribution in [0.5, 0.6) is 0 Å². The Labute approximate surface area is 146 Å². The average Bonchev–Trinajstić information content (AvgIpc) is 3.04. The quantitative estimate of drug-likeness (QED) is 0.908. The van der Waals surface area contributed by atoms with Crippen LogP contribution in [-0.4, -0.2) is 17.7 Å². The number of nitrogens with zero attached hydrogens (tertiary/aromatic N) is 1. The molecule has 2 aromatic rings. The highest BCUT2D eigenvalue weighted by molar-refractivity contribution is 6.06. The molecule has 1 amide bonds. The number of benzene rings is 2. The van der Waals surface area contributed by atoms with Crippen LogP contribution < -0.4 is 5.32 Å². The van der Waals surface area contributed by atoms with Gasteiger partial charge < -0.3 is 10.2 Å². The van der Waals surface area contributed by atoms with Crippen molar-refractivity contribution < 1.29 is 14.0 Å². The minimum Gasteiger partial charge on any atom is -0.382 e. The van der Waals surface area contributed by atoms with Gasteiger partial charge in [0, 0.05) is 17.7 Å². The van der Waals surface area contributed by atoms with Gasteiger partial charge in [0.05, 0.1) is 5.71 Å². The van der Waals surface area contributed by atoms with Gasteiger partial charge in [-0.1, -0.05) is 56.3 Å². The number of carbonyl (C=O) groups excluding carboxylic acids is 1. The molecule has 0 radical (unpaired) electrons. The maximum absolute atomic E-state index is 13.3. The Bertz CT molecular complexity index is 824. The first-order valence-corrected chi connectivity index (χ1v) is 8.23. The normalized spacial score (nSPS) is 17.0. The van der Waals surface area contributed by atoms with Crippen LogP contribution in [-0.2, 0) is 15.0 Å². The number of halogens is 1. The summed E-state index contributed by atoms with van der Waals surface area (Å²) in [6, 6.07) is 13.8. The lowest BCUT2D eigenvalue weighted by molar-refractivity contribution is -0.125. The van der Waals surface area contributed by atoms with Crippen LogP contribution in [0.25, 0.3) is 0 Å². The van der Waals surface area contributed by atoms with E-state index < -0.39 is 6.10 Å². The number of rotatable bonds is 3. The summed E-state index contributed by atoms with van der Waals surface area (Å²) in [7, 11) is 0. The zero-order valence-electron chi connectivity index (χ0n) is 14.5. The lowest BCUT2D eigenvalue weighted by Crippen LogP contribution is -2.29. The molecular weight excluding hydrogens is 319 g/mol. The van der Waals surface area contributed by atoms with Gasteiger partial charge in [-0.05, 0) is 29.2 Å². The molecule has 1 aliphatic rings. The third kappa shape index (κ3) is 3.87. The molecule has 1 aliphatic heterocycles. The molecule has 0 saturated heterocycles. The smallest absolute Gasteiger partial charge is 0.268 e. The van der Waals surface area contributed by atoms with E-state index in [1.807, 2.05) is 24.3 Å². The fraction of sp³-hybridized carbons (Fsp3) is 0.300. The molecule has 1 unspecified atom stereocenters. The van der Waals surface area contributed by atoms with E-state index in [1.54, 1.807) is 12.1 Å². The molecule has 0 fully saturated rings. The molecule has 0 saturated carbocycles. The minimum absolute atomic E-state index is 0.0936. The van der Waals surface area contributed by atoms with Gasteiger partial charge in [0.2, 0.25) is 6.10 Å². The Balaban J connectivity index is 1.71. The maximum Gasteiger partial charge on any atom is 0.268 e. The lowest BCUT2D eigenvalue weighted by atomic mass is 9.86. The number of hydrogen-bond donors (Lipinski definition) is 1. The third-order valence-electron chi connectivity index (χ3n) is 4.11. The fourth-order valence-corrected chi connectivity index (χ4v) is 2.82. The molecular formula is C20H21FN2O2. The second-order valence-corrected chi connectivity index (χ2v) is 7.13. The van der Waals surface area contributed by atoms with E-state index in [4.69, 9.17) is 4.84 Å². The minimum atomic E-state index is -0.716. The molecule has 5 heteroatoms. The first kappa shape index (κ1) is 17.1. The van der Waals surface area contributed by atoms with Gasteiger partial charge in [0.25, 0.3) is 5.91 Å². The van der Waals surface area contributed by atoms with Crippen molar-refractivity contribution in [3.05, 3.63) is 65.5 Å². The van der Waals surface area contributed by atoms with Crippen molar-refractivity contribution >= 4 is 17.3 Å². The van der Waals surface area contributed by atoms with E-state index in [9.17, 15) is 9.18 Å². The van der Waals surface area contributed by atoms with Gasteiger partial charge in [-0.2, -0.15) is 0 Å². The highest BCUT2D eigenvalue weighted by atomic mass is 19.1. The molecule has 0 spiro atoms. The van der Waals surface area contributed by atoms with Gasteiger partial charge >= 0.3 is 0 Å². The highest BCUT2D eigenvalue weighted by Crippen LogP contribution is 2.29.